The predicted molar refractivity (Wildman–Crippen MR) is 89.1 cm³/mol. The first-order chi connectivity index (χ1) is 11.6. The van der Waals surface area contributed by atoms with Gasteiger partial charge in [-0.25, -0.2) is 8.42 Å². The Labute approximate surface area is 141 Å². The quantitative estimate of drug-likeness (QED) is 0.891. The topological polar surface area (TPSA) is 71.5 Å². The third-order valence-electron chi connectivity index (χ3n) is 4.53. The van der Waals surface area contributed by atoms with Crippen LogP contribution >= 0.6 is 0 Å². The molecule has 0 bridgehead atoms. The summed E-state index contributed by atoms with van der Waals surface area (Å²) in [6.45, 7) is 2.01. The van der Waals surface area contributed by atoms with Crippen LogP contribution in [0.15, 0.2) is 53.6 Å². The Morgan fingerprint density at radius 3 is 2.79 bits per heavy atom. The maximum absolute atomic E-state index is 13.2. The minimum absolute atomic E-state index is 0.227. The largest absolute Gasteiger partial charge is 0.483 e. The highest BCUT2D eigenvalue weighted by molar-refractivity contribution is 7.89. The van der Waals surface area contributed by atoms with Crippen LogP contribution in [0.1, 0.15) is 12.1 Å². The average Bonchev–Trinajstić information content (AvgIpc) is 3.00. The first kappa shape index (κ1) is 15.6. The van der Waals surface area contributed by atoms with E-state index in [1.54, 1.807) is 30.5 Å². The normalized spacial score (nSPS) is 25.8. The highest BCUT2D eigenvalue weighted by atomic mass is 32.2. The zero-order chi connectivity index (χ0) is 16.6. The molecule has 3 heterocycles. The van der Waals surface area contributed by atoms with Crippen LogP contribution in [0, 0.1) is 0 Å². The van der Waals surface area contributed by atoms with Crippen molar-refractivity contribution in [1.29, 1.82) is 0 Å². The van der Waals surface area contributed by atoms with Crippen LogP contribution < -0.4 is 10.1 Å². The minimum atomic E-state index is -3.64. The zero-order valence-electron chi connectivity index (χ0n) is 13.2. The van der Waals surface area contributed by atoms with Crippen LogP contribution in [0.4, 0.5) is 0 Å². The summed E-state index contributed by atoms with van der Waals surface area (Å²) in [5.74, 6) is 0.435. The summed E-state index contributed by atoms with van der Waals surface area (Å²) in [6.07, 6.45) is 2.45. The minimum Gasteiger partial charge on any atom is -0.483 e. The van der Waals surface area contributed by atoms with Crippen LogP contribution in [-0.4, -0.2) is 42.9 Å². The zero-order valence-corrected chi connectivity index (χ0v) is 14.0. The van der Waals surface area contributed by atoms with E-state index in [0.717, 1.165) is 18.7 Å². The highest BCUT2D eigenvalue weighted by Crippen LogP contribution is 2.37. The molecule has 6 nitrogen and oxygen atoms in total. The Bertz CT molecular complexity index is 833. The van der Waals surface area contributed by atoms with Crippen molar-refractivity contribution in [3.8, 4) is 5.75 Å². The number of aromatic nitrogens is 1. The van der Waals surface area contributed by atoms with Crippen LogP contribution in [0.2, 0.25) is 0 Å². The second kappa shape index (κ2) is 5.84. The van der Waals surface area contributed by atoms with Gasteiger partial charge in [-0.05, 0) is 30.8 Å². The number of benzene rings is 1. The molecule has 7 heteroatoms. The highest BCUT2D eigenvalue weighted by Gasteiger charge is 2.45. The van der Waals surface area contributed by atoms with Crippen molar-refractivity contribution in [1.82, 2.24) is 14.6 Å². The monoisotopic (exact) mass is 345 g/mol. The van der Waals surface area contributed by atoms with Crippen molar-refractivity contribution >= 4 is 10.0 Å². The lowest BCUT2D eigenvalue weighted by atomic mass is 10.0. The molecule has 1 aromatic heterocycles. The van der Waals surface area contributed by atoms with E-state index in [1.807, 2.05) is 18.2 Å². The standard InChI is InChI=1S/C17H19N3O3S/c21-24(22)16-7-2-1-6-15(16)23-17(8-10-18-12-17)13-20(24)11-14-5-3-4-9-19-14/h1-7,9,18H,8,10-13H2/t17-/m1/s1. The van der Waals surface area contributed by atoms with E-state index in [1.165, 1.54) is 4.31 Å². The molecule has 1 aromatic carbocycles. The fourth-order valence-electron chi connectivity index (χ4n) is 3.31. The van der Waals surface area contributed by atoms with E-state index in [4.69, 9.17) is 4.74 Å². The summed E-state index contributed by atoms with van der Waals surface area (Å²) in [4.78, 5) is 4.50. The summed E-state index contributed by atoms with van der Waals surface area (Å²) < 4.78 is 34.0. The van der Waals surface area contributed by atoms with Gasteiger partial charge in [0.2, 0.25) is 10.0 Å². The second-order valence-corrected chi connectivity index (χ2v) is 8.16. The number of hydrogen-bond acceptors (Lipinski definition) is 5. The van der Waals surface area contributed by atoms with Crippen molar-refractivity contribution in [2.45, 2.75) is 23.5 Å². The molecule has 1 N–H and O–H groups in total. The average molecular weight is 345 g/mol. The maximum atomic E-state index is 13.2. The van der Waals surface area contributed by atoms with Gasteiger partial charge in [0.1, 0.15) is 16.2 Å². The molecular weight excluding hydrogens is 326 g/mol. The SMILES string of the molecule is O=S1(=O)c2ccccc2O[C@@]2(CCNC2)CN1Cc1ccccn1. The molecule has 4 rings (SSSR count). The Morgan fingerprint density at radius 1 is 1.21 bits per heavy atom. The van der Waals surface area contributed by atoms with E-state index in [2.05, 4.69) is 10.3 Å². The van der Waals surface area contributed by atoms with Crippen LogP contribution in [0.25, 0.3) is 0 Å². The molecule has 0 unspecified atom stereocenters. The summed E-state index contributed by atoms with van der Waals surface area (Å²) in [6, 6.07) is 12.4. The first-order valence-electron chi connectivity index (χ1n) is 7.98. The van der Waals surface area contributed by atoms with Gasteiger partial charge in [-0.1, -0.05) is 18.2 Å². The van der Waals surface area contributed by atoms with E-state index in [-0.39, 0.29) is 11.4 Å². The van der Waals surface area contributed by atoms with Crippen LogP contribution in [0.3, 0.4) is 0 Å². The Balaban J connectivity index is 1.79. The molecule has 1 saturated heterocycles. The molecule has 2 aliphatic rings. The van der Waals surface area contributed by atoms with Gasteiger partial charge >= 0.3 is 0 Å². The van der Waals surface area contributed by atoms with Gasteiger partial charge < -0.3 is 10.1 Å². The summed E-state index contributed by atoms with van der Waals surface area (Å²) in [7, 11) is -3.64. The molecular formula is C17H19N3O3S. The lowest BCUT2D eigenvalue weighted by Crippen LogP contribution is -2.48. The van der Waals surface area contributed by atoms with Gasteiger partial charge in [0.05, 0.1) is 18.8 Å². The van der Waals surface area contributed by atoms with Gasteiger partial charge in [-0.2, -0.15) is 4.31 Å². The molecule has 2 aromatic rings. The summed E-state index contributed by atoms with van der Waals surface area (Å²) in [5.41, 5.74) is 0.190. The van der Waals surface area contributed by atoms with E-state index in [0.29, 0.717) is 18.8 Å². The number of pyridine rings is 1. The molecule has 1 spiro atoms. The first-order valence-corrected chi connectivity index (χ1v) is 9.42. The summed E-state index contributed by atoms with van der Waals surface area (Å²) in [5, 5.41) is 3.29. The van der Waals surface area contributed by atoms with Crippen molar-refractivity contribution in [2.24, 2.45) is 0 Å². The fraction of sp³-hybridized carbons (Fsp3) is 0.353. The van der Waals surface area contributed by atoms with Gasteiger partial charge in [-0.15, -0.1) is 0 Å². The maximum Gasteiger partial charge on any atom is 0.247 e. The molecule has 0 saturated carbocycles. The lowest BCUT2D eigenvalue weighted by Gasteiger charge is -2.31. The van der Waals surface area contributed by atoms with Crippen molar-refractivity contribution in [3.63, 3.8) is 0 Å². The molecule has 0 aliphatic carbocycles. The molecule has 0 radical (unpaired) electrons. The molecule has 1 fully saturated rings. The Kier molecular flexibility index (Phi) is 3.79. The van der Waals surface area contributed by atoms with E-state index < -0.39 is 15.6 Å². The fourth-order valence-corrected chi connectivity index (χ4v) is 4.91. The lowest BCUT2D eigenvalue weighted by molar-refractivity contribution is 0.0693. The number of sulfonamides is 1. The number of nitrogens with one attached hydrogen (secondary N) is 1. The van der Waals surface area contributed by atoms with Crippen molar-refractivity contribution in [2.75, 3.05) is 19.6 Å². The number of para-hydroxylation sites is 1. The number of rotatable bonds is 2. The molecule has 0 amide bonds. The smallest absolute Gasteiger partial charge is 0.247 e. The third-order valence-corrected chi connectivity index (χ3v) is 6.36. The summed E-state index contributed by atoms with van der Waals surface area (Å²) >= 11 is 0. The van der Waals surface area contributed by atoms with E-state index >= 15 is 0 Å². The number of nitrogens with zero attached hydrogens (tertiary/aromatic N) is 2. The van der Waals surface area contributed by atoms with Gasteiger partial charge in [0.15, 0.2) is 0 Å². The third kappa shape index (κ3) is 2.68. The van der Waals surface area contributed by atoms with Gasteiger partial charge in [0.25, 0.3) is 0 Å². The van der Waals surface area contributed by atoms with Crippen LogP contribution in [0.5, 0.6) is 5.75 Å². The molecule has 1 atom stereocenters. The molecule has 2 aliphatic heterocycles. The van der Waals surface area contributed by atoms with Gasteiger partial charge in [0, 0.05) is 19.2 Å². The number of ether oxygens (including phenoxy) is 1. The Morgan fingerprint density at radius 2 is 2.04 bits per heavy atom. The van der Waals surface area contributed by atoms with Crippen molar-refractivity contribution < 1.29 is 13.2 Å². The molecule has 126 valence electrons. The van der Waals surface area contributed by atoms with Gasteiger partial charge in [-0.3, -0.25) is 4.98 Å². The van der Waals surface area contributed by atoms with Crippen LogP contribution in [-0.2, 0) is 16.6 Å². The number of fused-ring (bicyclic) bond motifs is 1. The molecule has 24 heavy (non-hydrogen) atoms. The van der Waals surface area contributed by atoms with Crippen molar-refractivity contribution in [3.05, 3.63) is 54.4 Å². The Hall–Kier alpha value is -1.96. The number of hydrogen-bond donors (Lipinski definition) is 1. The predicted octanol–water partition coefficient (Wildman–Crippen LogP) is 1.40. The second-order valence-electron chi connectivity index (χ2n) is 6.25. The van der Waals surface area contributed by atoms with E-state index in [9.17, 15) is 8.42 Å².